The number of hydrogen-bond acceptors (Lipinski definition) is 2. The van der Waals surface area contributed by atoms with Crippen LogP contribution in [0.15, 0.2) is 29.2 Å². The fraction of sp³-hybridized carbons (Fsp3) is 0.538. The Morgan fingerprint density at radius 3 is 2.56 bits per heavy atom. The van der Waals surface area contributed by atoms with Crippen LogP contribution in [0.5, 0.6) is 0 Å². The van der Waals surface area contributed by atoms with Crippen LogP contribution >= 0.6 is 11.6 Å². The molecule has 1 aliphatic carbocycles. The zero-order valence-electron chi connectivity index (χ0n) is 10.4. The van der Waals surface area contributed by atoms with Gasteiger partial charge in [0.1, 0.15) is 4.90 Å². The highest BCUT2D eigenvalue weighted by atomic mass is 35.5. The van der Waals surface area contributed by atoms with E-state index in [-0.39, 0.29) is 16.0 Å². The van der Waals surface area contributed by atoms with Crippen LogP contribution in [0.25, 0.3) is 0 Å². The Morgan fingerprint density at radius 1 is 1.22 bits per heavy atom. The first-order chi connectivity index (χ1) is 8.50. The Kier molecular flexibility index (Phi) is 4.30. The average molecular weight is 288 g/mol. The van der Waals surface area contributed by atoms with Gasteiger partial charge in [0.25, 0.3) is 0 Å². The summed E-state index contributed by atoms with van der Waals surface area (Å²) in [4.78, 5) is 0.171. The summed E-state index contributed by atoms with van der Waals surface area (Å²) >= 11 is 5.94. The maximum atomic E-state index is 12.3. The first-order valence-corrected chi connectivity index (χ1v) is 8.13. The highest BCUT2D eigenvalue weighted by Crippen LogP contribution is 2.27. The van der Waals surface area contributed by atoms with Gasteiger partial charge >= 0.3 is 0 Å². The molecule has 2 atom stereocenters. The number of sulfonamides is 1. The third kappa shape index (κ3) is 3.05. The third-order valence-corrected chi connectivity index (χ3v) is 5.53. The van der Waals surface area contributed by atoms with Gasteiger partial charge in [-0.3, -0.25) is 0 Å². The normalized spacial score (nSPS) is 25.0. The van der Waals surface area contributed by atoms with Crippen LogP contribution in [0.1, 0.15) is 32.6 Å². The summed E-state index contributed by atoms with van der Waals surface area (Å²) < 4.78 is 27.3. The predicted octanol–water partition coefficient (Wildman–Crippen LogP) is 3.20. The summed E-state index contributed by atoms with van der Waals surface area (Å²) in [5.74, 6) is 0.385. The van der Waals surface area contributed by atoms with E-state index in [9.17, 15) is 8.42 Å². The lowest BCUT2D eigenvalue weighted by Crippen LogP contribution is -2.41. The number of nitrogens with one attached hydrogen (secondary N) is 1. The molecule has 1 aliphatic rings. The zero-order valence-corrected chi connectivity index (χ0v) is 12.0. The van der Waals surface area contributed by atoms with Crippen LogP contribution in [0.3, 0.4) is 0 Å². The lowest BCUT2D eigenvalue weighted by Gasteiger charge is -2.29. The smallest absolute Gasteiger partial charge is 0.208 e. The molecule has 2 rings (SSSR count). The van der Waals surface area contributed by atoms with Crippen LogP contribution in [0.2, 0.25) is 5.02 Å². The quantitative estimate of drug-likeness (QED) is 0.928. The molecule has 1 fully saturated rings. The molecule has 0 radical (unpaired) electrons. The Balaban J connectivity index is 2.19. The molecule has 3 nitrogen and oxygen atoms in total. The molecule has 0 spiro atoms. The highest BCUT2D eigenvalue weighted by Gasteiger charge is 2.27. The fourth-order valence-electron chi connectivity index (χ4n) is 2.42. The van der Waals surface area contributed by atoms with Crippen molar-refractivity contribution in [3.63, 3.8) is 0 Å². The first kappa shape index (κ1) is 13.8. The van der Waals surface area contributed by atoms with E-state index in [1.807, 2.05) is 0 Å². The van der Waals surface area contributed by atoms with Crippen molar-refractivity contribution in [3.05, 3.63) is 29.3 Å². The topological polar surface area (TPSA) is 46.2 Å². The summed E-state index contributed by atoms with van der Waals surface area (Å²) in [5, 5.41) is 0.272. The summed E-state index contributed by atoms with van der Waals surface area (Å²) in [6.45, 7) is 2.10. The zero-order chi connectivity index (χ0) is 13.2. The van der Waals surface area contributed by atoms with E-state index in [4.69, 9.17) is 11.6 Å². The molecule has 1 aromatic rings. The molecule has 0 saturated heterocycles. The largest absolute Gasteiger partial charge is 0.242 e. The maximum Gasteiger partial charge on any atom is 0.242 e. The number of halogens is 1. The van der Waals surface area contributed by atoms with Gasteiger partial charge in [-0.05, 0) is 30.9 Å². The molecule has 100 valence electrons. The van der Waals surface area contributed by atoms with Crippen molar-refractivity contribution in [1.82, 2.24) is 4.72 Å². The van der Waals surface area contributed by atoms with Gasteiger partial charge < -0.3 is 0 Å². The van der Waals surface area contributed by atoms with Crippen LogP contribution in [0, 0.1) is 5.92 Å². The molecular formula is C13H18ClNO2S. The minimum atomic E-state index is -3.51. The Hall–Kier alpha value is -0.580. The van der Waals surface area contributed by atoms with Crippen molar-refractivity contribution in [1.29, 1.82) is 0 Å². The Morgan fingerprint density at radius 2 is 1.89 bits per heavy atom. The maximum absolute atomic E-state index is 12.3. The molecule has 0 heterocycles. The van der Waals surface area contributed by atoms with E-state index in [2.05, 4.69) is 11.6 Å². The SMILES string of the molecule is CC1CCCCC1NS(=O)(=O)c1ccccc1Cl. The number of rotatable bonds is 3. The molecule has 0 aliphatic heterocycles. The van der Waals surface area contributed by atoms with Gasteiger partial charge in [0.2, 0.25) is 10.0 Å². The lowest BCUT2D eigenvalue weighted by molar-refractivity contribution is 0.310. The Bertz CT molecular complexity index is 515. The highest BCUT2D eigenvalue weighted by molar-refractivity contribution is 7.89. The van der Waals surface area contributed by atoms with Gasteiger partial charge in [-0.25, -0.2) is 13.1 Å². The summed E-state index contributed by atoms with van der Waals surface area (Å²) in [7, 11) is -3.51. The van der Waals surface area contributed by atoms with Crippen LogP contribution in [0.4, 0.5) is 0 Å². The van der Waals surface area contributed by atoms with Crippen LogP contribution in [-0.2, 0) is 10.0 Å². The second-order valence-corrected chi connectivity index (χ2v) is 7.01. The first-order valence-electron chi connectivity index (χ1n) is 6.27. The minimum Gasteiger partial charge on any atom is -0.208 e. The molecule has 1 saturated carbocycles. The lowest BCUT2D eigenvalue weighted by atomic mass is 9.87. The summed E-state index contributed by atoms with van der Waals surface area (Å²) in [6, 6.07) is 6.58. The van der Waals surface area contributed by atoms with E-state index in [1.54, 1.807) is 18.2 Å². The van der Waals surface area contributed by atoms with E-state index in [0.29, 0.717) is 5.92 Å². The second kappa shape index (κ2) is 5.59. The van der Waals surface area contributed by atoms with Gasteiger partial charge in [0.05, 0.1) is 5.02 Å². The van der Waals surface area contributed by atoms with Crippen molar-refractivity contribution >= 4 is 21.6 Å². The standard InChI is InChI=1S/C13H18ClNO2S/c1-10-6-2-4-8-12(10)15-18(16,17)13-9-5-3-7-11(13)14/h3,5,7,9-10,12,15H,2,4,6,8H2,1H3. The van der Waals surface area contributed by atoms with Gasteiger partial charge in [-0.1, -0.05) is 43.5 Å². The molecule has 1 aromatic carbocycles. The molecule has 0 bridgehead atoms. The Labute approximate surface area is 114 Å². The van der Waals surface area contributed by atoms with Crippen molar-refractivity contribution in [2.45, 2.75) is 43.5 Å². The monoisotopic (exact) mass is 287 g/mol. The van der Waals surface area contributed by atoms with E-state index in [0.717, 1.165) is 19.3 Å². The van der Waals surface area contributed by atoms with Crippen molar-refractivity contribution in [2.75, 3.05) is 0 Å². The fourth-order valence-corrected chi connectivity index (χ4v) is 4.32. The number of benzene rings is 1. The van der Waals surface area contributed by atoms with E-state index >= 15 is 0 Å². The minimum absolute atomic E-state index is 0.0278. The molecule has 0 amide bonds. The van der Waals surface area contributed by atoms with Crippen LogP contribution < -0.4 is 4.72 Å². The van der Waals surface area contributed by atoms with Crippen molar-refractivity contribution in [3.8, 4) is 0 Å². The molecular weight excluding hydrogens is 270 g/mol. The molecule has 5 heteroatoms. The predicted molar refractivity (Wildman–Crippen MR) is 73.2 cm³/mol. The van der Waals surface area contributed by atoms with Gasteiger partial charge in [0.15, 0.2) is 0 Å². The van der Waals surface area contributed by atoms with Crippen molar-refractivity contribution in [2.24, 2.45) is 5.92 Å². The molecule has 1 N–H and O–H groups in total. The van der Waals surface area contributed by atoms with Gasteiger partial charge in [-0.2, -0.15) is 0 Å². The van der Waals surface area contributed by atoms with E-state index in [1.165, 1.54) is 12.5 Å². The average Bonchev–Trinajstić information content (AvgIpc) is 2.32. The summed E-state index contributed by atoms with van der Waals surface area (Å²) in [5.41, 5.74) is 0. The van der Waals surface area contributed by atoms with Crippen LogP contribution in [-0.4, -0.2) is 14.5 Å². The summed E-state index contributed by atoms with van der Waals surface area (Å²) in [6.07, 6.45) is 4.26. The molecule has 0 aromatic heterocycles. The van der Waals surface area contributed by atoms with E-state index < -0.39 is 10.0 Å². The molecule has 18 heavy (non-hydrogen) atoms. The molecule has 2 unspecified atom stereocenters. The van der Waals surface area contributed by atoms with Crippen molar-refractivity contribution < 1.29 is 8.42 Å². The third-order valence-electron chi connectivity index (χ3n) is 3.54. The van der Waals surface area contributed by atoms with Gasteiger partial charge in [-0.15, -0.1) is 0 Å². The number of hydrogen-bond donors (Lipinski definition) is 1. The second-order valence-electron chi connectivity index (χ2n) is 4.92. The van der Waals surface area contributed by atoms with Gasteiger partial charge in [0, 0.05) is 6.04 Å².